The third-order valence-corrected chi connectivity index (χ3v) is 5.91. The number of benzene rings is 2. The van der Waals surface area contributed by atoms with Crippen molar-refractivity contribution in [1.29, 1.82) is 0 Å². The quantitative estimate of drug-likeness (QED) is 0.820. The van der Waals surface area contributed by atoms with E-state index in [4.69, 9.17) is 9.47 Å². The molecule has 0 spiro atoms. The van der Waals surface area contributed by atoms with Crippen LogP contribution in [0.4, 0.5) is 0 Å². The van der Waals surface area contributed by atoms with Crippen molar-refractivity contribution in [2.24, 2.45) is 0 Å². The summed E-state index contributed by atoms with van der Waals surface area (Å²) in [5.74, 6) is -1.12. The Bertz CT molecular complexity index is 1050. The number of carbonyl (C=O) groups is 2. The highest BCUT2D eigenvalue weighted by Gasteiger charge is 2.34. The molecule has 26 heavy (non-hydrogen) atoms. The minimum Gasteiger partial charge on any atom is -0.496 e. The molecule has 0 N–H and O–H groups in total. The van der Waals surface area contributed by atoms with Gasteiger partial charge in [-0.1, -0.05) is 17.7 Å². The van der Waals surface area contributed by atoms with Crippen LogP contribution < -0.4 is 9.47 Å². The van der Waals surface area contributed by atoms with Crippen LogP contribution in [-0.4, -0.2) is 34.2 Å². The number of methoxy groups -OCH3 is 2. The molecule has 0 fully saturated rings. The van der Waals surface area contributed by atoms with E-state index in [2.05, 4.69) is 0 Å². The van der Waals surface area contributed by atoms with Gasteiger partial charge in [0.05, 0.1) is 30.2 Å². The van der Waals surface area contributed by atoms with Gasteiger partial charge in [0, 0.05) is 6.07 Å². The molecule has 134 valence electrons. The summed E-state index contributed by atoms with van der Waals surface area (Å²) < 4.78 is 36.7. The van der Waals surface area contributed by atoms with Gasteiger partial charge in [-0.2, -0.15) is 0 Å². The van der Waals surface area contributed by atoms with Crippen LogP contribution in [0.15, 0.2) is 52.3 Å². The van der Waals surface area contributed by atoms with Crippen LogP contribution in [0, 0.1) is 6.92 Å². The Morgan fingerprint density at radius 1 is 0.846 bits per heavy atom. The van der Waals surface area contributed by atoms with Crippen LogP contribution in [0.25, 0.3) is 0 Å². The maximum atomic E-state index is 13.1. The topological polar surface area (TPSA) is 86.7 Å². The zero-order chi connectivity index (χ0) is 19.1. The molecule has 2 aromatic carbocycles. The van der Waals surface area contributed by atoms with Gasteiger partial charge in [0.25, 0.3) is 0 Å². The first-order chi connectivity index (χ1) is 12.3. The summed E-state index contributed by atoms with van der Waals surface area (Å²) in [6.07, 6.45) is 2.22. The predicted molar refractivity (Wildman–Crippen MR) is 94.0 cm³/mol. The summed E-state index contributed by atoms with van der Waals surface area (Å²) >= 11 is 0. The number of hydrogen-bond donors (Lipinski definition) is 0. The minimum atomic E-state index is -4.00. The van der Waals surface area contributed by atoms with E-state index in [0.29, 0.717) is 0 Å². The third-order valence-electron chi connectivity index (χ3n) is 4.13. The lowest BCUT2D eigenvalue weighted by Crippen LogP contribution is -2.17. The molecule has 0 amide bonds. The molecule has 1 aliphatic carbocycles. The Morgan fingerprint density at radius 3 is 1.96 bits per heavy atom. The largest absolute Gasteiger partial charge is 0.496 e. The SMILES string of the molecule is COc1cc(S(=O)(=O)c2ccc(C)cc2)c(OC)c2c1C(=O)C=CC2=O. The molecular weight excluding hydrogens is 356 g/mol. The Kier molecular flexibility index (Phi) is 4.41. The van der Waals surface area contributed by atoms with Gasteiger partial charge in [0.1, 0.15) is 16.4 Å². The molecule has 0 saturated carbocycles. The summed E-state index contributed by atoms with van der Waals surface area (Å²) in [5.41, 5.74) is 0.801. The summed E-state index contributed by atoms with van der Waals surface area (Å²) in [6, 6.07) is 7.52. The normalized spacial score (nSPS) is 13.5. The summed E-state index contributed by atoms with van der Waals surface area (Å²) in [6.45, 7) is 1.84. The second kappa shape index (κ2) is 6.42. The number of rotatable bonds is 4. The van der Waals surface area contributed by atoms with E-state index in [9.17, 15) is 18.0 Å². The molecule has 2 aromatic rings. The minimum absolute atomic E-state index is 0.000272. The fourth-order valence-electron chi connectivity index (χ4n) is 2.82. The molecule has 0 saturated heterocycles. The van der Waals surface area contributed by atoms with E-state index in [-0.39, 0.29) is 32.4 Å². The van der Waals surface area contributed by atoms with Crippen LogP contribution in [0.2, 0.25) is 0 Å². The number of ether oxygens (including phenoxy) is 2. The molecule has 0 heterocycles. The summed E-state index contributed by atoms with van der Waals surface area (Å²) in [7, 11) is -1.44. The van der Waals surface area contributed by atoms with Crippen molar-refractivity contribution in [1.82, 2.24) is 0 Å². The molecule has 0 aliphatic heterocycles. The number of allylic oxidation sites excluding steroid dienone is 2. The number of fused-ring (bicyclic) bond motifs is 1. The van der Waals surface area contributed by atoms with Crippen molar-refractivity contribution in [2.75, 3.05) is 14.2 Å². The molecule has 3 rings (SSSR count). The average Bonchev–Trinajstić information content (AvgIpc) is 2.63. The van der Waals surface area contributed by atoms with Gasteiger partial charge >= 0.3 is 0 Å². The number of ketones is 2. The van der Waals surface area contributed by atoms with Crippen LogP contribution in [0.3, 0.4) is 0 Å². The van der Waals surface area contributed by atoms with E-state index >= 15 is 0 Å². The van der Waals surface area contributed by atoms with Crippen molar-refractivity contribution in [3.8, 4) is 11.5 Å². The van der Waals surface area contributed by atoms with Gasteiger partial charge in [-0.3, -0.25) is 9.59 Å². The van der Waals surface area contributed by atoms with E-state index < -0.39 is 21.4 Å². The predicted octanol–water partition coefficient (Wildman–Crippen LogP) is 2.78. The Labute approximate surface area is 151 Å². The highest BCUT2D eigenvalue weighted by atomic mass is 32.2. The lowest BCUT2D eigenvalue weighted by atomic mass is 9.93. The molecule has 0 radical (unpaired) electrons. The van der Waals surface area contributed by atoms with Crippen LogP contribution in [0.1, 0.15) is 26.3 Å². The number of hydrogen-bond acceptors (Lipinski definition) is 6. The van der Waals surface area contributed by atoms with E-state index in [1.54, 1.807) is 12.1 Å². The summed E-state index contributed by atoms with van der Waals surface area (Å²) in [5, 5.41) is 0. The fourth-order valence-corrected chi connectivity index (χ4v) is 4.26. The highest BCUT2D eigenvalue weighted by Crippen LogP contribution is 2.41. The maximum absolute atomic E-state index is 13.1. The molecule has 6 nitrogen and oxygen atoms in total. The van der Waals surface area contributed by atoms with Gasteiger partial charge in [-0.15, -0.1) is 0 Å². The van der Waals surface area contributed by atoms with E-state index in [1.165, 1.54) is 32.4 Å². The van der Waals surface area contributed by atoms with Crippen LogP contribution in [0.5, 0.6) is 11.5 Å². The molecule has 0 atom stereocenters. The van der Waals surface area contributed by atoms with Gasteiger partial charge in [-0.05, 0) is 31.2 Å². The fraction of sp³-hybridized carbons (Fsp3) is 0.158. The van der Waals surface area contributed by atoms with E-state index in [0.717, 1.165) is 17.7 Å². The Balaban J connectivity index is 2.36. The monoisotopic (exact) mass is 372 g/mol. The third kappa shape index (κ3) is 2.70. The molecule has 0 bridgehead atoms. The number of carbonyl (C=O) groups excluding carboxylic acids is 2. The van der Waals surface area contributed by atoms with Gasteiger partial charge in [0.2, 0.25) is 9.84 Å². The second-order valence-electron chi connectivity index (χ2n) is 5.74. The highest BCUT2D eigenvalue weighted by molar-refractivity contribution is 7.91. The zero-order valence-electron chi connectivity index (χ0n) is 14.4. The van der Waals surface area contributed by atoms with Crippen molar-refractivity contribution in [3.05, 3.63) is 59.2 Å². The van der Waals surface area contributed by atoms with Gasteiger partial charge < -0.3 is 9.47 Å². The van der Waals surface area contributed by atoms with E-state index in [1.807, 2.05) is 6.92 Å². The van der Waals surface area contributed by atoms with Crippen molar-refractivity contribution >= 4 is 21.4 Å². The van der Waals surface area contributed by atoms with Crippen molar-refractivity contribution < 1.29 is 27.5 Å². The zero-order valence-corrected chi connectivity index (χ0v) is 15.2. The standard InChI is InChI=1S/C19H16O6S/c1-11-4-6-12(7-5-11)26(22,23)16-10-15(24-2)17-13(20)8-9-14(21)18(17)19(16)25-3/h4-10H,1-3H3. The first-order valence-electron chi connectivity index (χ1n) is 7.68. The molecule has 7 heteroatoms. The lowest BCUT2D eigenvalue weighted by Gasteiger charge is -2.20. The Morgan fingerprint density at radius 2 is 1.42 bits per heavy atom. The number of sulfone groups is 1. The average molecular weight is 372 g/mol. The molecule has 0 aromatic heterocycles. The van der Waals surface area contributed by atoms with Crippen molar-refractivity contribution in [3.63, 3.8) is 0 Å². The molecular formula is C19H16O6S. The van der Waals surface area contributed by atoms with Gasteiger partial charge in [-0.25, -0.2) is 8.42 Å². The molecule has 1 aliphatic rings. The second-order valence-corrected chi connectivity index (χ2v) is 7.66. The molecule has 0 unspecified atom stereocenters. The van der Waals surface area contributed by atoms with Gasteiger partial charge in [0.15, 0.2) is 11.6 Å². The lowest BCUT2D eigenvalue weighted by molar-refractivity contribution is 0.0988. The maximum Gasteiger partial charge on any atom is 0.210 e. The van der Waals surface area contributed by atoms with Crippen molar-refractivity contribution in [2.45, 2.75) is 16.7 Å². The summed E-state index contributed by atoms with van der Waals surface area (Å²) in [4.78, 5) is 24.4. The number of aryl methyl sites for hydroxylation is 1. The first-order valence-corrected chi connectivity index (χ1v) is 9.17. The smallest absolute Gasteiger partial charge is 0.210 e. The Hall–Kier alpha value is -2.93. The van der Waals surface area contributed by atoms with Crippen LogP contribution >= 0.6 is 0 Å². The first kappa shape index (κ1) is 17.9. The van der Waals surface area contributed by atoms with Crippen LogP contribution in [-0.2, 0) is 9.84 Å².